The molecule has 5 heteroatoms. The number of hydrogen-bond acceptors (Lipinski definition) is 5. The highest BCUT2D eigenvalue weighted by Gasteiger charge is 2.53. The lowest BCUT2D eigenvalue weighted by Gasteiger charge is -2.21. The summed E-state index contributed by atoms with van der Waals surface area (Å²) in [6.45, 7) is 3.30. The van der Waals surface area contributed by atoms with Crippen molar-refractivity contribution in [3.8, 4) is 0 Å². The topological polar surface area (TPSA) is 68.2 Å². The Morgan fingerprint density at radius 3 is 2.54 bits per heavy atom. The molecule has 0 aromatic rings. The molecule has 2 rings (SSSR count). The average molecular weight is 190 g/mol. The molecule has 0 radical (unpaired) electrons. The van der Waals surface area contributed by atoms with E-state index in [0.717, 1.165) is 0 Å². The van der Waals surface area contributed by atoms with Gasteiger partial charge in [0.15, 0.2) is 12.1 Å². The van der Waals surface area contributed by atoms with E-state index in [9.17, 15) is 5.11 Å². The molecule has 0 aliphatic carbocycles. The first kappa shape index (κ1) is 9.36. The van der Waals surface area contributed by atoms with Gasteiger partial charge in [0, 0.05) is 0 Å². The lowest BCUT2D eigenvalue weighted by molar-refractivity contribution is -0.218. The van der Waals surface area contributed by atoms with Gasteiger partial charge in [-0.2, -0.15) is 0 Å². The van der Waals surface area contributed by atoms with Crippen LogP contribution in [0.3, 0.4) is 0 Å². The van der Waals surface area contributed by atoms with Gasteiger partial charge in [0.25, 0.3) is 0 Å². The third kappa shape index (κ3) is 1.47. The highest BCUT2D eigenvalue weighted by atomic mass is 16.8. The molecule has 4 atom stereocenters. The van der Waals surface area contributed by atoms with E-state index in [2.05, 4.69) is 0 Å². The van der Waals surface area contributed by atoms with E-state index in [1.807, 2.05) is 0 Å². The van der Waals surface area contributed by atoms with Crippen molar-refractivity contribution in [2.75, 3.05) is 6.61 Å². The summed E-state index contributed by atoms with van der Waals surface area (Å²) in [5.74, 6) is -0.712. The van der Waals surface area contributed by atoms with Crippen LogP contribution < -0.4 is 0 Å². The second kappa shape index (κ2) is 2.90. The van der Waals surface area contributed by atoms with Gasteiger partial charge in [-0.15, -0.1) is 0 Å². The maximum absolute atomic E-state index is 9.60. The number of hydrogen-bond donors (Lipinski definition) is 2. The Labute approximate surface area is 76.2 Å². The summed E-state index contributed by atoms with van der Waals surface area (Å²) in [5, 5.41) is 18.4. The van der Waals surface area contributed by atoms with Gasteiger partial charge >= 0.3 is 0 Å². The van der Waals surface area contributed by atoms with E-state index in [4.69, 9.17) is 19.3 Å². The van der Waals surface area contributed by atoms with Crippen LogP contribution in [0.1, 0.15) is 13.8 Å². The molecule has 2 aliphatic heterocycles. The van der Waals surface area contributed by atoms with Crippen LogP contribution in [0.5, 0.6) is 0 Å². The van der Waals surface area contributed by atoms with Crippen LogP contribution in [-0.4, -0.2) is 47.2 Å². The zero-order valence-corrected chi connectivity index (χ0v) is 7.64. The summed E-state index contributed by atoms with van der Waals surface area (Å²) in [7, 11) is 0. The van der Waals surface area contributed by atoms with Crippen LogP contribution in [0, 0.1) is 0 Å². The van der Waals surface area contributed by atoms with Crippen LogP contribution in [0.25, 0.3) is 0 Å². The van der Waals surface area contributed by atoms with E-state index < -0.39 is 30.4 Å². The lowest BCUT2D eigenvalue weighted by Crippen LogP contribution is -2.36. The van der Waals surface area contributed by atoms with Gasteiger partial charge in [0.1, 0.15) is 18.3 Å². The third-order valence-electron chi connectivity index (χ3n) is 2.29. The van der Waals surface area contributed by atoms with Crippen LogP contribution in [0.4, 0.5) is 0 Å². The van der Waals surface area contributed by atoms with Crippen molar-refractivity contribution in [1.82, 2.24) is 0 Å². The van der Waals surface area contributed by atoms with E-state index in [-0.39, 0.29) is 6.61 Å². The molecule has 5 nitrogen and oxygen atoms in total. The van der Waals surface area contributed by atoms with Crippen molar-refractivity contribution in [3.63, 3.8) is 0 Å². The Bertz CT molecular complexity index is 205. The first-order valence-corrected chi connectivity index (χ1v) is 4.33. The standard InChI is InChI=1S/C8H14O5/c1-8(2)12-6-5(10)4(3-9)11-7(6)13-8/h4-7,9-10H,3H2,1-2H3/t4-,5?,6+,7+/m0/s1. The Morgan fingerprint density at radius 2 is 2.00 bits per heavy atom. The zero-order valence-electron chi connectivity index (χ0n) is 7.64. The Morgan fingerprint density at radius 1 is 1.31 bits per heavy atom. The van der Waals surface area contributed by atoms with Gasteiger partial charge in [-0.05, 0) is 13.8 Å². The van der Waals surface area contributed by atoms with Gasteiger partial charge < -0.3 is 24.4 Å². The quantitative estimate of drug-likeness (QED) is 0.567. The fourth-order valence-electron chi connectivity index (χ4n) is 1.71. The fourth-order valence-corrected chi connectivity index (χ4v) is 1.71. The SMILES string of the molecule is CC1(C)O[C@H]2O[C@@H](CO)C(O)[C@H]2O1. The van der Waals surface area contributed by atoms with Crippen LogP contribution in [0.2, 0.25) is 0 Å². The lowest BCUT2D eigenvalue weighted by atomic mass is 10.1. The summed E-state index contributed by atoms with van der Waals surface area (Å²) in [5.41, 5.74) is 0. The Kier molecular flexibility index (Phi) is 2.08. The van der Waals surface area contributed by atoms with Crippen molar-refractivity contribution in [3.05, 3.63) is 0 Å². The molecule has 2 heterocycles. The summed E-state index contributed by atoms with van der Waals surface area (Å²) in [6.07, 6.45) is -2.43. The van der Waals surface area contributed by atoms with Gasteiger partial charge in [0.2, 0.25) is 0 Å². The molecule has 1 unspecified atom stereocenters. The molecule has 13 heavy (non-hydrogen) atoms. The monoisotopic (exact) mass is 190 g/mol. The van der Waals surface area contributed by atoms with Gasteiger partial charge in [-0.25, -0.2) is 0 Å². The summed E-state index contributed by atoms with van der Waals surface area (Å²) in [6, 6.07) is 0. The molecule has 2 fully saturated rings. The predicted octanol–water partition coefficient (Wildman–Crippen LogP) is -0.784. The largest absolute Gasteiger partial charge is 0.394 e. The number of ether oxygens (including phenoxy) is 3. The predicted molar refractivity (Wildman–Crippen MR) is 41.8 cm³/mol. The normalized spacial score (nSPS) is 48.0. The highest BCUT2D eigenvalue weighted by molar-refractivity contribution is 4.92. The van der Waals surface area contributed by atoms with Crippen molar-refractivity contribution in [2.24, 2.45) is 0 Å². The summed E-state index contributed by atoms with van der Waals surface area (Å²) >= 11 is 0. The number of rotatable bonds is 1. The molecule has 2 aliphatic rings. The molecule has 2 N–H and O–H groups in total. The maximum atomic E-state index is 9.60. The van der Waals surface area contributed by atoms with Gasteiger partial charge in [-0.1, -0.05) is 0 Å². The van der Waals surface area contributed by atoms with E-state index >= 15 is 0 Å². The molecule has 0 aromatic heterocycles. The number of aliphatic hydroxyl groups is 2. The van der Waals surface area contributed by atoms with Crippen molar-refractivity contribution >= 4 is 0 Å². The zero-order chi connectivity index (χ0) is 9.64. The minimum absolute atomic E-state index is 0.221. The van der Waals surface area contributed by atoms with Crippen LogP contribution in [0.15, 0.2) is 0 Å². The third-order valence-corrected chi connectivity index (χ3v) is 2.29. The molecule has 0 bridgehead atoms. The molecule has 2 saturated heterocycles. The summed E-state index contributed by atoms with van der Waals surface area (Å²) < 4.78 is 16.0. The average Bonchev–Trinajstić information content (AvgIpc) is 2.47. The smallest absolute Gasteiger partial charge is 0.190 e. The molecule has 0 spiro atoms. The van der Waals surface area contributed by atoms with Crippen LogP contribution in [-0.2, 0) is 14.2 Å². The second-order valence-electron chi connectivity index (χ2n) is 3.82. The van der Waals surface area contributed by atoms with Crippen molar-refractivity contribution in [2.45, 2.75) is 44.2 Å². The first-order valence-electron chi connectivity index (χ1n) is 4.33. The summed E-state index contributed by atoms with van der Waals surface area (Å²) in [4.78, 5) is 0. The minimum Gasteiger partial charge on any atom is -0.394 e. The van der Waals surface area contributed by atoms with Crippen LogP contribution >= 0.6 is 0 Å². The molecule has 0 saturated carbocycles. The molecular formula is C8H14O5. The maximum Gasteiger partial charge on any atom is 0.190 e. The Hall–Kier alpha value is -0.200. The number of aliphatic hydroxyl groups excluding tert-OH is 2. The van der Waals surface area contributed by atoms with E-state index in [1.54, 1.807) is 13.8 Å². The Balaban J connectivity index is 2.07. The van der Waals surface area contributed by atoms with E-state index in [0.29, 0.717) is 0 Å². The molecular weight excluding hydrogens is 176 g/mol. The highest BCUT2D eigenvalue weighted by Crippen LogP contribution is 2.36. The van der Waals surface area contributed by atoms with Crippen molar-refractivity contribution in [1.29, 1.82) is 0 Å². The molecule has 76 valence electrons. The van der Waals surface area contributed by atoms with E-state index in [1.165, 1.54) is 0 Å². The first-order chi connectivity index (χ1) is 6.03. The number of fused-ring (bicyclic) bond motifs is 1. The van der Waals surface area contributed by atoms with Gasteiger partial charge in [0.05, 0.1) is 6.61 Å². The second-order valence-corrected chi connectivity index (χ2v) is 3.82. The molecule has 0 amide bonds. The molecule has 0 aromatic carbocycles. The van der Waals surface area contributed by atoms with Gasteiger partial charge in [-0.3, -0.25) is 0 Å². The van der Waals surface area contributed by atoms with Crippen molar-refractivity contribution < 1.29 is 24.4 Å². The fraction of sp³-hybridized carbons (Fsp3) is 1.00. The minimum atomic E-state index is -0.809.